The van der Waals surface area contributed by atoms with Gasteiger partial charge in [0, 0.05) is 5.56 Å². The third kappa shape index (κ3) is 1.70. The van der Waals surface area contributed by atoms with E-state index >= 15 is 0 Å². The standard InChI is InChI=1S/C13H19N3O3/c1-12(2)10-9(8-19-12)7-15-16(10)13(11(17)18)3-5-14-6-4-13/h7,14H,3-6,8H2,1-2H3,(H,17,18). The highest BCUT2D eigenvalue weighted by molar-refractivity contribution is 5.77. The third-order valence-electron chi connectivity index (χ3n) is 4.24. The van der Waals surface area contributed by atoms with Crippen LogP contribution in [0.15, 0.2) is 6.20 Å². The van der Waals surface area contributed by atoms with Crippen molar-refractivity contribution in [2.24, 2.45) is 0 Å². The Morgan fingerprint density at radius 2 is 2.16 bits per heavy atom. The molecule has 0 bridgehead atoms. The normalized spacial score (nSPS) is 24.1. The van der Waals surface area contributed by atoms with E-state index in [1.807, 2.05) is 13.8 Å². The fourth-order valence-electron chi connectivity index (χ4n) is 3.14. The summed E-state index contributed by atoms with van der Waals surface area (Å²) >= 11 is 0. The molecular weight excluding hydrogens is 246 g/mol. The fourth-order valence-corrected chi connectivity index (χ4v) is 3.14. The van der Waals surface area contributed by atoms with E-state index in [-0.39, 0.29) is 0 Å². The van der Waals surface area contributed by atoms with E-state index in [1.54, 1.807) is 10.9 Å². The molecule has 2 N–H and O–H groups in total. The van der Waals surface area contributed by atoms with Crippen LogP contribution in [0.5, 0.6) is 0 Å². The number of hydrogen-bond donors (Lipinski definition) is 2. The molecular formula is C13H19N3O3. The Labute approximate surface area is 111 Å². The molecule has 2 aliphatic heterocycles. The first-order chi connectivity index (χ1) is 8.97. The van der Waals surface area contributed by atoms with Gasteiger partial charge in [-0.2, -0.15) is 5.10 Å². The summed E-state index contributed by atoms with van der Waals surface area (Å²) in [5.74, 6) is -0.803. The Kier molecular flexibility index (Phi) is 2.69. The second-order valence-corrected chi connectivity index (χ2v) is 5.82. The van der Waals surface area contributed by atoms with Gasteiger partial charge in [-0.15, -0.1) is 0 Å². The van der Waals surface area contributed by atoms with Crippen LogP contribution in [0.2, 0.25) is 0 Å². The lowest BCUT2D eigenvalue weighted by Crippen LogP contribution is -2.51. The van der Waals surface area contributed by atoms with Gasteiger partial charge in [0.05, 0.1) is 18.5 Å². The van der Waals surface area contributed by atoms with Gasteiger partial charge in [0.1, 0.15) is 5.60 Å². The number of rotatable bonds is 2. The van der Waals surface area contributed by atoms with Crippen molar-refractivity contribution in [3.63, 3.8) is 0 Å². The molecule has 2 aliphatic rings. The van der Waals surface area contributed by atoms with Gasteiger partial charge in [0.25, 0.3) is 0 Å². The van der Waals surface area contributed by atoms with Crippen molar-refractivity contribution in [2.45, 2.75) is 44.4 Å². The number of carbonyl (C=O) groups is 1. The molecule has 0 saturated carbocycles. The molecule has 0 unspecified atom stereocenters. The van der Waals surface area contributed by atoms with Gasteiger partial charge in [-0.25, -0.2) is 9.48 Å². The van der Waals surface area contributed by atoms with E-state index in [4.69, 9.17) is 4.74 Å². The van der Waals surface area contributed by atoms with Crippen molar-refractivity contribution in [2.75, 3.05) is 13.1 Å². The number of aliphatic carboxylic acids is 1. The molecule has 3 rings (SSSR count). The average molecular weight is 265 g/mol. The SMILES string of the molecule is CC1(C)OCc2cnn(C3(C(=O)O)CCNCC3)c21. The minimum Gasteiger partial charge on any atom is -0.479 e. The number of nitrogens with one attached hydrogen (secondary N) is 1. The minimum absolute atomic E-state index is 0.473. The molecule has 19 heavy (non-hydrogen) atoms. The molecule has 6 nitrogen and oxygen atoms in total. The topological polar surface area (TPSA) is 76.4 Å². The second-order valence-electron chi connectivity index (χ2n) is 5.82. The molecule has 0 atom stereocenters. The first kappa shape index (κ1) is 12.6. The van der Waals surface area contributed by atoms with Gasteiger partial charge in [-0.1, -0.05) is 0 Å². The maximum Gasteiger partial charge on any atom is 0.331 e. The molecule has 104 valence electrons. The first-order valence-electron chi connectivity index (χ1n) is 6.63. The Balaban J connectivity index is 2.13. The van der Waals surface area contributed by atoms with Crippen LogP contribution in [-0.2, 0) is 27.3 Å². The highest BCUT2D eigenvalue weighted by Crippen LogP contribution is 2.40. The molecule has 6 heteroatoms. The number of hydrogen-bond acceptors (Lipinski definition) is 4. The molecule has 1 aromatic heterocycles. The number of piperidine rings is 1. The number of ether oxygens (including phenoxy) is 1. The predicted molar refractivity (Wildman–Crippen MR) is 67.8 cm³/mol. The molecule has 3 heterocycles. The zero-order chi connectivity index (χ0) is 13.7. The van der Waals surface area contributed by atoms with Gasteiger partial charge in [0.2, 0.25) is 0 Å². The van der Waals surface area contributed by atoms with Crippen LogP contribution in [0.1, 0.15) is 37.9 Å². The van der Waals surface area contributed by atoms with Crippen molar-refractivity contribution in [3.05, 3.63) is 17.5 Å². The van der Waals surface area contributed by atoms with Crippen LogP contribution >= 0.6 is 0 Å². The summed E-state index contributed by atoms with van der Waals surface area (Å²) in [5, 5.41) is 17.3. The number of nitrogens with zero attached hydrogens (tertiary/aromatic N) is 2. The van der Waals surface area contributed by atoms with E-state index in [1.165, 1.54) is 0 Å². The second kappa shape index (κ2) is 4.05. The van der Waals surface area contributed by atoms with Crippen LogP contribution < -0.4 is 5.32 Å². The minimum atomic E-state index is -0.941. The van der Waals surface area contributed by atoms with Crippen molar-refractivity contribution in [3.8, 4) is 0 Å². The molecule has 0 aromatic carbocycles. The van der Waals surface area contributed by atoms with E-state index in [0.29, 0.717) is 32.5 Å². The summed E-state index contributed by atoms with van der Waals surface area (Å²) in [6.07, 6.45) is 2.84. The van der Waals surface area contributed by atoms with Crippen molar-refractivity contribution >= 4 is 5.97 Å². The lowest BCUT2D eigenvalue weighted by molar-refractivity contribution is -0.150. The lowest BCUT2D eigenvalue weighted by atomic mass is 9.87. The molecule has 0 aliphatic carbocycles. The van der Waals surface area contributed by atoms with Crippen molar-refractivity contribution in [1.29, 1.82) is 0 Å². The van der Waals surface area contributed by atoms with Crippen LogP contribution in [0.3, 0.4) is 0 Å². The Morgan fingerprint density at radius 3 is 2.79 bits per heavy atom. The van der Waals surface area contributed by atoms with E-state index in [2.05, 4.69) is 10.4 Å². The molecule has 1 fully saturated rings. The van der Waals surface area contributed by atoms with Crippen LogP contribution in [0.25, 0.3) is 0 Å². The summed E-state index contributed by atoms with van der Waals surface area (Å²) in [6, 6.07) is 0. The number of carboxylic acid groups (broad SMARTS) is 1. The van der Waals surface area contributed by atoms with Crippen LogP contribution in [0.4, 0.5) is 0 Å². The van der Waals surface area contributed by atoms with Gasteiger partial charge in [-0.3, -0.25) is 0 Å². The number of fused-ring (bicyclic) bond motifs is 1. The number of carboxylic acids is 1. The van der Waals surface area contributed by atoms with Crippen molar-refractivity contribution < 1.29 is 14.6 Å². The summed E-state index contributed by atoms with van der Waals surface area (Å²) in [5.41, 5.74) is 0.504. The fraction of sp³-hybridized carbons (Fsp3) is 0.692. The van der Waals surface area contributed by atoms with E-state index < -0.39 is 17.1 Å². The molecule has 0 amide bonds. The summed E-state index contributed by atoms with van der Waals surface area (Å²) in [6.45, 7) is 5.84. The lowest BCUT2D eigenvalue weighted by Gasteiger charge is -2.36. The van der Waals surface area contributed by atoms with Gasteiger partial charge < -0.3 is 15.2 Å². The van der Waals surface area contributed by atoms with E-state index in [9.17, 15) is 9.90 Å². The predicted octanol–water partition coefficient (Wildman–Crippen LogP) is 0.812. The molecule has 1 saturated heterocycles. The summed E-state index contributed by atoms with van der Waals surface area (Å²) in [7, 11) is 0. The zero-order valence-corrected chi connectivity index (χ0v) is 11.3. The summed E-state index contributed by atoms with van der Waals surface area (Å²) < 4.78 is 7.44. The maximum absolute atomic E-state index is 11.9. The van der Waals surface area contributed by atoms with Crippen molar-refractivity contribution in [1.82, 2.24) is 15.1 Å². The first-order valence-corrected chi connectivity index (χ1v) is 6.63. The Morgan fingerprint density at radius 1 is 1.47 bits per heavy atom. The van der Waals surface area contributed by atoms with Gasteiger partial charge in [-0.05, 0) is 39.8 Å². The highest BCUT2D eigenvalue weighted by atomic mass is 16.5. The Hall–Kier alpha value is -1.40. The largest absolute Gasteiger partial charge is 0.479 e. The zero-order valence-electron chi connectivity index (χ0n) is 11.3. The van der Waals surface area contributed by atoms with Crippen LogP contribution in [-0.4, -0.2) is 33.9 Å². The maximum atomic E-state index is 11.9. The Bertz CT molecular complexity index is 515. The quantitative estimate of drug-likeness (QED) is 0.827. The smallest absolute Gasteiger partial charge is 0.331 e. The molecule has 0 spiro atoms. The van der Waals surface area contributed by atoms with Gasteiger partial charge >= 0.3 is 5.97 Å². The summed E-state index contributed by atoms with van der Waals surface area (Å²) in [4.78, 5) is 11.9. The van der Waals surface area contributed by atoms with Crippen LogP contribution in [0, 0.1) is 0 Å². The number of aromatic nitrogens is 2. The highest BCUT2D eigenvalue weighted by Gasteiger charge is 2.47. The molecule has 0 radical (unpaired) electrons. The van der Waals surface area contributed by atoms with E-state index in [0.717, 1.165) is 11.3 Å². The average Bonchev–Trinajstić information content (AvgIpc) is 2.93. The van der Waals surface area contributed by atoms with Gasteiger partial charge in [0.15, 0.2) is 5.54 Å². The monoisotopic (exact) mass is 265 g/mol. The molecule has 1 aromatic rings. The third-order valence-corrected chi connectivity index (χ3v) is 4.24.